The van der Waals surface area contributed by atoms with Gasteiger partial charge in [0.2, 0.25) is 11.8 Å². The SMILES string of the molecule is CC(=O)N1CCCC(C(=O)NC(CCO)C(C)C)C1. The van der Waals surface area contributed by atoms with Crippen LogP contribution in [0.15, 0.2) is 0 Å². The van der Waals surface area contributed by atoms with Crippen molar-refractivity contribution in [2.75, 3.05) is 19.7 Å². The predicted molar refractivity (Wildman–Crippen MR) is 73.4 cm³/mol. The molecule has 1 aliphatic rings. The van der Waals surface area contributed by atoms with Gasteiger partial charge in [-0.3, -0.25) is 9.59 Å². The van der Waals surface area contributed by atoms with Crippen LogP contribution in [-0.2, 0) is 9.59 Å². The number of aliphatic hydroxyl groups is 1. The molecule has 0 spiro atoms. The summed E-state index contributed by atoms with van der Waals surface area (Å²) in [5.74, 6) is 0.229. The van der Waals surface area contributed by atoms with Crippen molar-refractivity contribution in [2.45, 2.75) is 46.1 Å². The molecule has 1 heterocycles. The number of hydrogen-bond donors (Lipinski definition) is 2. The van der Waals surface area contributed by atoms with Crippen LogP contribution in [0.5, 0.6) is 0 Å². The first kappa shape index (κ1) is 16.0. The number of amides is 2. The van der Waals surface area contributed by atoms with E-state index in [9.17, 15) is 9.59 Å². The monoisotopic (exact) mass is 270 g/mol. The Balaban J connectivity index is 2.54. The molecule has 2 amide bonds. The van der Waals surface area contributed by atoms with Gasteiger partial charge in [-0.05, 0) is 25.2 Å². The zero-order valence-corrected chi connectivity index (χ0v) is 12.2. The minimum absolute atomic E-state index is 0.00482. The smallest absolute Gasteiger partial charge is 0.225 e. The normalized spacial score (nSPS) is 21.3. The number of carbonyl (C=O) groups is 2. The Morgan fingerprint density at radius 3 is 2.63 bits per heavy atom. The molecule has 5 heteroatoms. The van der Waals surface area contributed by atoms with Gasteiger partial charge in [0.1, 0.15) is 0 Å². The molecule has 0 radical (unpaired) electrons. The fourth-order valence-electron chi connectivity index (χ4n) is 2.49. The van der Waals surface area contributed by atoms with Crippen molar-refractivity contribution in [3.8, 4) is 0 Å². The van der Waals surface area contributed by atoms with Crippen LogP contribution in [0.1, 0.15) is 40.0 Å². The van der Waals surface area contributed by atoms with Gasteiger partial charge in [-0.2, -0.15) is 0 Å². The van der Waals surface area contributed by atoms with Gasteiger partial charge in [-0.1, -0.05) is 13.8 Å². The van der Waals surface area contributed by atoms with Crippen LogP contribution in [0.4, 0.5) is 0 Å². The number of nitrogens with zero attached hydrogens (tertiary/aromatic N) is 1. The van der Waals surface area contributed by atoms with Crippen molar-refractivity contribution in [2.24, 2.45) is 11.8 Å². The summed E-state index contributed by atoms with van der Waals surface area (Å²) in [5.41, 5.74) is 0. The molecule has 110 valence electrons. The number of nitrogens with one attached hydrogen (secondary N) is 1. The highest BCUT2D eigenvalue weighted by atomic mass is 16.3. The molecule has 2 unspecified atom stereocenters. The lowest BCUT2D eigenvalue weighted by Gasteiger charge is -2.32. The molecule has 0 aliphatic carbocycles. The molecule has 19 heavy (non-hydrogen) atoms. The van der Waals surface area contributed by atoms with E-state index < -0.39 is 0 Å². The van der Waals surface area contributed by atoms with Crippen LogP contribution in [0.3, 0.4) is 0 Å². The van der Waals surface area contributed by atoms with E-state index in [4.69, 9.17) is 5.11 Å². The highest BCUT2D eigenvalue weighted by Crippen LogP contribution is 2.17. The minimum atomic E-state index is -0.113. The zero-order valence-electron chi connectivity index (χ0n) is 12.2. The highest BCUT2D eigenvalue weighted by Gasteiger charge is 2.28. The number of aliphatic hydroxyl groups excluding tert-OH is 1. The van der Waals surface area contributed by atoms with Crippen molar-refractivity contribution in [1.29, 1.82) is 0 Å². The summed E-state index contributed by atoms with van der Waals surface area (Å²) < 4.78 is 0. The average molecular weight is 270 g/mol. The average Bonchev–Trinajstić information content (AvgIpc) is 2.38. The summed E-state index contributed by atoms with van der Waals surface area (Å²) in [6.45, 7) is 6.96. The molecule has 1 fully saturated rings. The second kappa shape index (κ2) is 7.48. The number of carbonyl (C=O) groups excluding carboxylic acids is 2. The summed E-state index contributed by atoms with van der Waals surface area (Å²) >= 11 is 0. The Kier molecular flexibility index (Phi) is 6.28. The van der Waals surface area contributed by atoms with E-state index in [1.165, 1.54) is 0 Å². The summed E-state index contributed by atoms with van der Waals surface area (Å²) in [4.78, 5) is 25.3. The first-order valence-electron chi connectivity index (χ1n) is 7.12. The van der Waals surface area contributed by atoms with Crippen LogP contribution >= 0.6 is 0 Å². The van der Waals surface area contributed by atoms with Gasteiger partial charge < -0.3 is 15.3 Å². The third kappa shape index (κ3) is 4.82. The van der Waals surface area contributed by atoms with Crippen LogP contribution in [0.2, 0.25) is 0 Å². The maximum atomic E-state index is 12.2. The van der Waals surface area contributed by atoms with Crippen molar-refractivity contribution < 1.29 is 14.7 Å². The van der Waals surface area contributed by atoms with Gasteiger partial charge in [0, 0.05) is 32.7 Å². The summed E-state index contributed by atoms with van der Waals surface area (Å²) in [6.07, 6.45) is 2.29. The summed E-state index contributed by atoms with van der Waals surface area (Å²) in [7, 11) is 0. The Morgan fingerprint density at radius 1 is 1.42 bits per heavy atom. The van der Waals surface area contributed by atoms with E-state index in [1.54, 1.807) is 11.8 Å². The van der Waals surface area contributed by atoms with Gasteiger partial charge >= 0.3 is 0 Å². The van der Waals surface area contributed by atoms with Crippen LogP contribution in [-0.4, -0.2) is 47.6 Å². The molecule has 2 atom stereocenters. The second-order valence-corrected chi connectivity index (χ2v) is 5.68. The Hall–Kier alpha value is -1.10. The standard InChI is InChI=1S/C14H26N2O3/c1-10(2)13(6-8-17)15-14(19)12-5-4-7-16(9-12)11(3)18/h10,12-13,17H,4-9H2,1-3H3,(H,15,19). The lowest BCUT2D eigenvalue weighted by atomic mass is 9.95. The van der Waals surface area contributed by atoms with E-state index in [0.29, 0.717) is 18.9 Å². The molecule has 1 aliphatic heterocycles. The maximum absolute atomic E-state index is 12.2. The highest BCUT2D eigenvalue weighted by molar-refractivity contribution is 5.80. The quantitative estimate of drug-likeness (QED) is 0.775. The zero-order chi connectivity index (χ0) is 14.4. The summed E-state index contributed by atoms with van der Waals surface area (Å²) in [5, 5.41) is 12.0. The van der Waals surface area contributed by atoms with Crippen LogP contribution in [0, 0.1) is 11.8 Å². The summed E-state index contributed by atoms with van der Waals surface area (Å²) in [6, 6.07) is 0.00482. The van der Waals surface area contributed by atoms with Crippen molar-refractivity contribution >= 4 is 11.8 Å². The van der Waals surface area contributed by atoms with E-state index >= 15 is 0 Å². The predicted octanol–water partition coefficient (Wildman–Crippen LogP) is 0.768. The van der Waals surface area contributed by atoms with Crippen molar-refractivity contribution in [3.05, 3.63) is 0 Å². The lowest BCUT2D eigenvalue weighted by Crippen LogP contribution is -2.48. The molecule has 1 saturated heterocycles. The third-order valence-electron chi connectivity index (χ3n) is 3.81. The number of hydrogen-bond acceptors (Lipinski definition) is 3. The topological polar surface area (TPSA) is 69.6 Å². The van der Waals surface area contributed by atoms with Crippen molar-refractivity contribution in [1.82, 2.24) is 10.2 Å². The van der Waals surface area contributed by atoms with Gasteiger partial charge in [0.05, 0.1) is 5.92 Å². The first-order chi connectivity index (χ1) is 8.95. The van der Waals surface area contributed by atoms with E-state index in [-0.39, 0.29) is 30.4 Å². The molecule has 1 rings (SSSR count). The Labute approximate surface area is 115 Å². The maximum Gasteiger partial charge on any atom is 0.225 e. The molecule has 5 nitrogen and oxygen atoms in total. The fraction of sp³-hybridized carbons (Fsp3) is 0.857. The van der Waals surface area contributed by atoms with Crippen LogP contribution < -0.4 is 5.32 Å². The Morgan fingerprint density at radius 2 is 2.11 bits per heavy atom. The van der Waals surface area contributed by atoms with Gasteiger partial charge in [0.15, 0.2) is 0 Å². The molecular formula is C14H26N2O3. The third-order valence-corrected chi connectivity index (χ3v) is 3.81. The van der Waals surface area contributed by atoms with Gasteiger partial charge in [0.25, 0.3) is 0 Å². The van der Waals surface area contributed by atoms with Crippen molar-refractivity contribution in [3.63, 3.8) is 0 Å². The van der Waals surface area contributed by atoms with E-state index in [2.05, 4.69) is 5.32 Å². The molecule has 0 saturated carbocycles. The fourth-order valence-corrected chi connectivity index (χ4v) is 2.49. The molecule has 2 N–H and O–H groups in total. The van der Waals surface area contributed by atoms with E-state index in [1.807, 2.05) is 13.8 Å². The molecule has 0 aromatic carbocycles. The van der Waals surface area contributed by atoms with Crippen LogP contribution in [0.25, 0.3) is 0 Å². The number of rotatable bonds is 5. The molecule has 0 aromatic rings. The molecule has 0 bridgehead atoms. The first-order valence-corrected chi connectivity index (χ1v) is 7.12. The lowest BCUT2D eigenvalue weighted by molar-refractivity contribution is -0.134. The van der Waals surface area contributed by atoms with E-state index in [0.717, 1.165) is 19.4 Å². The molecule has 0 aromatic heterocycles. The van der Waals surface area contributed by atoms with Gasteiger partial charge in [-0.15, -0.1) is 0 Å². The second-order valence-electron chi connectivity index (χ2n) is 5.68. The minimum Gasteiger partial charge on any atom is -0.396 e. The number of piperidine rings is 1. The molecular weight excluding hydrogens is 244 g/mol. The Bertz CT molecular complexity index is 318. The number of likely N-dealkylation sites (tertiary alicyclic amines) is 1. The largest absolute Gasteiger partial charge is 0.396 e. The van der Waals surface area contributed by atoms with Gasteiger partial charge in [-0.25, -0.2) is 0 Å².